The summed E-state index contributed by atoms with van der Waals surface area (Å²) in [5.74, 6) is 0.722. The number of nitrogen functional groups attached to an aromatic ring is 2. The highest BCUT2D eigenvalue weighted by atomic mass is 16.5. The first kappa shape index (κ1) is 20.5. The number of hydrogen-bond acceptors (Lipinski definition) is 7. The number of furan rings is 1. The quantitative estimate of drug-likeness (QED) is 0.187. The van der Waals surface area contributed by atoms with Crippen molar-refractivity contribution in [2.45, 2.75) is 32.6 Å². The van der Waals surface area contributed by atoms with E-state index in [1.807, 2.05) is 0 Å². The second-order valence-electron chi connectivity index (χ2n) is 6.92. The molecule has 0 amide bonds. The lowest BCUT2D eigenvalue weighted by Crippen LogP contribution is -2.06. The first-order valence-electron chi connectivity index (χ1n) is 9.68. The summed E-state index contributed by atoms with van der Waals surface area (Å²) in [6.45, 7) is 2.52. The van der Waals surface area contributed by atoms with E-state index in [0.29, 0.717) is 53.1 Å². The molecule has 2 aromatic carbocycles. The maximum atomic E-state index is 13.3. The Labute approximate surface area is 168 Å². The lowest BCUT2D eigenvalue weighted by atomic mass is 9.97. The predicted octanol–water partition coefficient (Wildman–Crippen LogP) is 3.64. The van der Waals surface area contributed by atoms with Gasteiger partial charge in [0.1, 0.15) is 17.1 Å². The van der Waals surface area contributed by atoms with E-state index in [4.69, 9.17) is 25.7 Å². The Morgan fingerprint density at radius 2 is 1.86 bits per heavy atom. The van der Waals surface area contributed by atoms with Crippen LogP contribution in [0.1, 0.15) is 47.9 Å². The Morgan fingerprint density at radius 3 is 2.52 bits per heavy atom. The van der Waals surface area contributed by atoms with Gasteiger partial charge in [-0.25, -0.2) is 0 Å². The Bertz CT molecular complexity index is 1000. The van der Waals surface area contributed by atoms with Gasteiger partial charge in [0.15, 0.2) is 11.5 Å². The van der Waals surface area contributed by atoms with Crippen molar-refractivity contribution in [2.75, 3.05) is 24.7 Å². The van der Waals surface area contributed by atoms with Crippen molar-refractivity contribution in [1.82, 2.24) is 0 Å². The molecule has 0 bridgehead atoms. The number of aryl methyl sites for hydroxylation is 1. The molecule has 29 heavy (non-hydrogen) atoms. The van der Waals surface area contributed by atoms with E-state index >= 15 is 0 Å². The number of anilines is 2. The second-order valence-corrected chi connectivity index (χ2v) is 6.92. The van der Waals surface area contributed by atoms with Crippen LogP contribution in [0.4, 0.5) is 11.4 Å². The second kappa shape index (κ2) is 8.87. The Morgan fingerprint density at radius 1 is 1.14 bits per heavy atom. The van der Waals surface area contributed by atoms with Crippen molar-refractivity contribution < 1.29 is 24.2 Å². The number of fused-ring (bicyclic) bond motifs is 1. The van der Waals surface area contributed by atoms with Gasteiger partial charge in [0.25, 0.3) is 0 Å². The molecule has 154 valence electrons. The standard InChI is InChI=1S/C22H26N2O5/c1-2-3-5-18-20(21(26)13-10-16(23)22(27)17(24)11-13)15-7-6-14(12-19(15)29-18)28-9-4-8-25/h6-7,10-12,25,27H,2-5,8-9,23-24H2,1H3. The summed E-state index contributed by atoms with van der Waals surface area (Å²) in [6.07, 6.45) is 2.99. The normalized spacial score (nSPS) is 11.1. The van der Waals surface area contributed by atoms with E-state index in [1.165, 1.54) is 12.1 Å². The maximum absolute atomic E-state index is 13.3. The molecular formula is C22H26N2O5. The molecule has 0 aliphatic rings. The first-order valence-corrected chi connectivity index (χ1v) is 9.68. The van der Waals surface area contributed by atoms with E-state index in [-0.39, 0.29) is 29.5 Å². The van der Waals surface area contributed by atoms with Gasteiger partial charge < -0.3 is 30.8 Å². The number of aliphatic hydroxyl groups excluding tert-OH is 1. The van der Waals surface area contributed by atoms with Crippen LogP contribution in [0.5, 0.6) is 11.5 Å². The number of nitrogens with two attached hydrogens (primary N) is 2. The van der Waals surface area contributed by atoms with Crippen LogP contribution in [0.3, 0.4) is 0 Å². The summed E-state index contributed by atoms with van der Waals surface area (Å²) in [6, 6.07) is 8.15. The minimum atomic E-state index is -0.262. The molecule has 0 spiro atoms. The van der Waals surface area contributed by atoms with Crippen molar-refractivity contribution in [3.05, 3.63) is 47.2 Å². The van der Waals surface area contributed by atoms with Gasteiger partial charge >= 0.3 is 0 Å². The summed E-state index contributed by atoms with van der Waals surface area (Å²) >= 11 is 0. The molecule has 1 heterocycles. The van der Waals surface area contributed by atoms with E-state index in [9.17, 15) is 9.90 Å². The fourth-order valence-electron chi connectivity index (χ4n) is 3.19. The predicted molar refractivity (Wildman–Crippen MR) is 112 cm³/mol. The number of ether oxygens (including phenoxy) is 1. The molecule has 0 atom stereocenters. The third-order valence-electron chi connectivity index (χ3n) is 4.72. The van der Waals surface area contributed by atoms with Crippen molar-refractivity contribution in [1.29, 1.82) is 0 Å². The maximum Gasteiger partial charge on any atom is 0.197 e. The highest BCUT2D eigenvalue weighted by Gasteiger charge is 2.23. The Balaban J connectivity index is 2.05. The van der Waals surface area contributed by atoms with Gasteiger partial charge in [-0.2, -0.15) is 0 Å². The van der Waals surface area contributed by atoms with Gasteiger partial charge in [-0.3, -0.25) is 4.79 Å². The first-order chi connectivity index (χ1) is 14.0. The van der Waals surface area contributed by atoms with Gasteiger partial charge in [-0.05, 0) is 30.7 Å². The monoisotopic (exact) mass is 398 g/mol. The van der Waals surface area contributed by atoms with Gasteiger partial charge in [0.2, 0.25) is 0 Å². The fourth-order valence-corrected chi connectivity index (χ4v) is 3.19. The lowest BCUT2D eigenvalue weighted by Gasteiger charge is -2.08. The molecule has 0 radical (unpaired) electrons. The van der Waals surface area contributed by atoms with Crippen molar-refractivity contribution in [3.63, 3.8) is 0 Å². The molecule has 0 aliphatic heterocycles. The van der Waals surface area contributed by atoms with Gasteiger partial charge in [0.05, 0.1) is 23.5 Å². The number of carbonyl (C=O) groups excluding carboxylic acids is 1. The molecule has 3 aromatic rings. The number of hydrogen-bond donors (Lipinski definition) is 4. The lowest BCUT2D eigenvalue weighted by molar-refractivity contribution is 0.103. The number of ketones is 1. The fraction of sp³-hybridized carbons (Fsp3) is 0.318. The number of carbonyl (C=O) groups is 1. The van der Waals surface area contributed by atoms with Crippen LogP contribution in [-0.4, -0.2) is 29.2 Å². The van der Waals surface area contributed by atoms with Gasteiger partial charge in [-0.1, -0.05) is 13.3 Å². The van der Waals surface area contributed by atoms with E-state index < -0.39 is 0 Å². The summed E-state index contributed by atoms with van der Waals surface area (Å²) < 4.78 is 11.6. The molecule has 7 nitrogen and oxygen atoms in total. The van der Waals surface area contributed by atoms with Crippen LogP contribution >= 0.6 is 0 Å². The number of rotatable bonds is 9. The molecule has 0 fully saturated rings. The van der Waals surface area contributed by atoms with E-state index in [0.717, 1.165) is 12.8 Å². The Kier molecular flexibility index (Phi) is 6.29. The molecule has 1 aromatic heterocycles. The minimum absolute atomic E-state index is 0.0517. The summed E-state index contributed by atoms with van der Waals surface area (Å²) in [4.78, 5) is 13.3. The van der Waals surface area contributed by atoms with Crippen LogP contribution < -0.4 is 16.2 Å². The van der Waals surface area contributed by atoms with Crippen molar-refractivity contribution in [3.8, 4) is 11.5 Å². The third kappa shape index (κ3) is 4.30. The number of unbranched alkanes of at least 4 members (excludes halogenated alkanes) is 1. The Hall–Kier alpha value is -3.19. The smallest absolute Gasteiger partial charge is 0.197 e. The molecule has 6 N–H and O–H groups in total. The number of phenols is 1. The topological polar surface area (TPSA) is 132 Å². The highest BCUT2D eigenvalue weighted by Crippen LogP contribution is 2.34. The molecular weight excluding hydrogens is 372 g/mol. The largest absolute Gasteiger partial charge is 0.504 e. The zero-order valence-corrected chi connectivity index (χ0v) is 16.4. The molecule has 3 rings (SSSR count). The van der Waals surface area contributed by atoms with Gasteiger partial charge in [-0.15, -0.1) is 0 Å². The molecule has 0 saturated carbocycles. The molecule has 0 saturated heterocycles. The highest BCUT2D eigenvalue weighted by molar-refractivity contribution is 6.17. The summed E-state index contributed by atoms with van der Waals surface area (Å²) in [5.41, 5.74) is 13.0. The number of phenolic OH excluding ortho intramolecular Hbond substituents is 1. The average molecular weight is 398 g/mol. The summed E-state index contributed by atoms with van der Waals surface area (Å²) in [7, 11) is 0. The third-order valence-corrected chi connectivity index (χ3v) is 4.72. The summed E-state index contributed by atoms with van der Waals surface area (Å²) in [5, 5.41) is 19.4. The van der Waals surface area contributed by atoms with Crippen LogP contribution in [0.2, 0.25) is 0 Å². The van der Waals surface area contributed by atoms with Crippen LogP contribution in [0, 0.1) is 0 Å². The number of benzene rings is 2. The SMILES string of the molecule is CCCCc1oc2cc(OCCCO)ccc2c1C(=O)c1cc(N)c(O)c(N)c1. The number of aromatic hydroxyl groups is 1. The zero-order chi connectivity index (χ0) is 21.0. The zero-order valence-electron chi connectivity index (χ0n) is 16.4. The van der Waals surface area contributed by atoms with Crippen molar-refractivity contribution >= 4 is 28.1 Å². The van der Waals surface area contributed by atoms with E-state index in [1.54, 1.807) is 18.2 Å². The average Bonchev–Trinajstić information content (AvgIpc) is 3.07. The van der Waals surface area contributed by atoms with Gasteiger partial charge in [0, 0.05) is 36.5 Å². The van der Waals surface area contributed by atoms with Crippen LogP contribution in [0.15, 0.2) is 34.7 Å². The number of aliphatic hydroxyl groups is 1. The molecule has 0 unspecified atom stereocenters. The molecule has 0 aliphatic carbocycles. The minimum Gasteiger partial charge on any atom is -0.504 e. The molecule has 7 heteroatoms. The van der Waals surface area contributed by atoms with Crippen molar-refractivity contribution in [2.24, 2.45) is 0 Å². The van der Waals surface area contributed by atoms with Crippen LogP contribution in [-0.2, 0) is 6.42 Å². The van der Waals surface area contributed by atoms with Crippen LogP contribution in [0.25, 0.3) is 11.0 Å². The van der Waals surface area contributed by atoms with E-state index in [2.05, 4.69) is 6.92 Å².